The highest BCUT2D eigenvalue weighted by atomic mass is 16.5. The van der Waals surface area contributed by atoms with Crippen molar-refractivity contribution in [3.8, 4) is 5.75 Å². The van der Waals surface area contributed by atoms with Crippen LogP contribution in [0.4, 0.5) is 5.69 Å². The third kappa shape index (κ3) is 5.42. The average molecular weight is 428 g/mol. The third-order valence-electron chi connectivity index (χ3n) is 5.80. The van der Waals surface area contributed by atoms with E-state index in [-0.39, 0.29) is 17.7 Å². The van der Waals surface area contributed by atoms with Crippen LogP contribution in [0.5, 0.6) is 5.75 Å². The molecule has 0 radical (unpaired) electrons. The number of methoxy groups -OCH3 is 1. The Labute approximate surface area is 181 Å². The van der Waals surface area contributed by atoms with Gasteiger partial charge in [-0.2, -0.15) is 5.10 Å². The molecule has 1 aromatic heterocycles. The molecule has 2 amide bonds. The topological polar surface area (TPSA) is 99.8 Å². The highest BCUT2D eigenvalue weighted by Crippen LogP contribution is 2.26. The number of likely N-dealkylation sites (tertiary alicyclic amines) is 1. The van der Waals surface area contributed by atoms with Crippen molar-refractivity contribution in [3.63, 3.8) is 0 Å². The molecule has 1 atom stereocenters. The molecule has 166 valence electrons. The molecule has 9 nitrogen and oxygen atoms in total. The second-order valence-electron chi connectivity index (χ2n) is 7.96. The number of rotatable bonds is 6. The van der Waals surface area contributed by atoms with Gasteiger partial charge in [-0.3, -0.25) is 19.6 Å². The number of nitrogens with zero attached hydrogens (tertiary/aromatic N) is 3. The summed E-state index contributed by atoms with van der Waals surface area (Å²) in [5.41, 5.74) is 2.15. The van der Waals surface area contributed by atoms with Crippen LogP contribution in [0.15, 0.2) is 30.3 Å². The summed E-state index contributed by atoms with van der Waals surface area (Å²) in [5, 5.41) is 10.2. The van der Waals surface area contributed by atoms with Gasteiger partial charge in [0.15, 0.2) is 0 Å². The zero-order chi connectivity index (χ0) is 21.6. The van der Waals surface area contributed by atoms with Gasteiger partial charge in [0.05, 0.1) is 26.9 Å². The number of aromatic nitrogens is 2. The van der Waals surface area contributed by atoms with Crippen LogP contribution >= 0.6 is 0 Å². The molecule has 4 rings (SSSR count). The van der Waals surface area contributed by atoms with Gasteiger partial charge in [-0.15, -0.1) is 0 Å². The van der Waals surface area contributed by atoms with Crippen LogP contribution in [-0.4, -0.2) is 84.9 Å². The summed E-state index contributed by atoms with van der Waals surface area (Å²) in [7, 11) is 1.61. The maximum absolute atomic E-state index is 12.6. The quantitative estimate of drug-likeness (QED) is 0.728. The summed E-state index contributed by atoms with van der Waals surface area (Å²) in [4.78, 5) is 29.0. The maximum Gasteiger partial charge on any atom is 0.274 e. The van der Waals surface area contributed by atoms with Gasteiger partial charge in [0.2, 0.25) is 5.91 Å². The van der Waals surface area contributed by atoms with Crippen molar-refractivity contribution in [3.05, 3.63) is 41.7 Å². The van der Waals surface area contributed by atoms with E-state index >= 15 is 0 Å². The number of benzene rings is 1. The standard InChI is InChI=1S/C22H29N5O4/c1-30-18-6-4-17(5-7-18)23-21(28)15-26-8-2-3-16(14-26)19-13-20(25-24-19)22(29)27-9-11-31-12-10-27/h4-7,13,16H,2-3,8-12,14-15H2,1H3,(H,23,28)(H,24,25)/t16-/m0/s1. The summed E-state index contributed by atoms with van der Waals surface area (Å²) in [6, 6.07) is 9.16. The van der Waals surface area contributed by atoms with Crippen molar-refractivity contribution in [2.45, 2.75) is 18.8 Å². The molecule has 0 saturated carbocycles. The Morgan fingerprint density at radius 1 is 1.23 bits per heavy atom. The molecule has 0 bridgehead atoms. The molecule has 9 heteroatoms. The van der Waals surface area contributed by atoms with E-state index in [0.29, 0.717) is 38.5 Å². The van der Waals surface area contributed by atoms with E-state index in [1.54, 1.807) is 12.0 Å². The van der Waals surface area contributed by atoms with Crippen molar-refractivity contribution < 1.29 is 19.1 Å². The Bertz CT molecular complexity index is 892. The van der Waals surface area contributed by atoms with Gasteiger partial charge in [-0.05, 0) is 49.7 Å². The SMILES string of the molecule is COc1ccc(NC(=O)CN2CCC[C@H](c3cc(C(=O)N4CCOCC4)n[nH]3)C2)cc1. The Balaban J connectivity index is 1.31. The number of carbonyl (C=O) groups is 2. The number of nitrogens with one attached hydrogen (secondary N) is 2. The molecule has 0 aliphatic carbocycles. The maximum atomic E-state index is 12.6. The van der Waals surface area contributed by atoms with E-state index in [9.17, 15) is 9.59 Å². The summed E-state index contributed by atoms with van der Waals surface area (Å²) in [6.45, 7) is 4.29. The number of anilines is 1. The van der Waals surface area contributed by atoms with Crippen LogP contribution in [0.1, 0.15) is 34.9 Å². The first-order chi connectivity index (χ1) is 15.1. The lowest BCUT2D eigenvalue weighted by molar-refractivity contribution is -0.117. The second-order valence-corrected chi connectivity index (χ2v) is 7.96. The third-order valence-corrected chi connectivity index (χ3v) is 5.80. The summed E-state index contributed by atoms with van der Waals surface area (Å²) < 4.78 is 10.5. The molecule has 31 heavy (non-hydrogen) atoms. The lowest BCUT2D eigenvalue weighted by Crippen LogP contribution is -2.40. The van der Waals surface area contributed by atoms with Crippen LogP contribution in [-0.2, 0) is 9.53 Å². The summed E-state index contributed by atoms with van der Waals surface area (Å²) >= 11 is 0. The Hall–Kier alpha value is -2.91. The van der Waals surface area contributed by atoms with Crippen LogP contribution in [0.2, 0.25) is 0 Å². The summed E-state index contributed by atoms with van der Waals surface area (Å²) in [5.74, 6) is 0.875. The van der Waals surface area contributed by atoms with Crippen LogP contribution in [0.25, 0.3) is 0 Å². The van der Waals surface area contributed by atoms with Crippen molar-refractivity contribution in [1.82, 2.24) is 20.0 Å². The fourth-order valence-corrected chi connectivity index (χ4v) is 4.11. The van der Waals surface area contributed by atoms with Crippen LogP contribution in [0.3, 0.4) is 0 Å². The van der Waals surface area contributed by atoms with Crippen molar-refractivity contribution in [2.75, 3.05) is 58.4 Å². The monoisotopic (exact) mass is 427 g/mol. The van der Waals surface area contributed by atoms with Gasteiger partial charge >= 0.3 is 0 Å². The van der Waals surface area contributed by atoms with E-state index in [1.165, 1.54) is 0 Å². The van der Waals surface area contributed by atoms with Gasteiger partial charge in [0.1, 0.15) is 11.4 Å². The number of piperidine rings is 1. The Morgan fingerprint density at radius 3 is 2.74 bits per heavy atom. The molecule has 3 heterocycles. The number of ether oxygens (including phenoxy) is 2. The van der Waals surface area contributed by atoms with Gasteiger partial charge in [0.25, 0.3) is 5.91 Å². The van der Waals surface area contributed by atoms with Crippen LogP contribution in [0, 0.1) is 0 Å². The largest absolute Gasteiger partial charge is 0.497 e. The molecule has 2 aliphatic rings. The molecular formula is C22H29N5O4. The average Bonchev–Trinajstić information content (AvgIpc) is 3.30. The fraction of sp³-hybridized carbons (Fsp3) is 0.500. The lowest BCUT2D eigenvalue weighted by atomic mass is 9.94. The van der Waals surface area contributed by atoms with Crippen molar-refractivity contribution in [2.24, 2.45) is 0 Å². The fourth-order valence-electron chi connectivity index (χ4n) is 4.11. The number of amides is 2. The smallest absolute Gasteiger partial charge is 0.274 e. The molecule has 2 saturated heterocycles. The number of hydrogen-bond acceptors (Lipinski definition) is 6. The molecule has 2 fully saturated rings. The van der Waals surface area contributed by atoms with Crippen molar-refractivity contribution in [1.29, 1.82) is 0 Å². The van der Waals surface area contributed by atoms with Gasteiger partial charge in [-0.1, -0.05) is 0 Å². The molecule has 0 unspecified atom stereocenters. The minimum Gasteiger partial charge on any atom is -0.497 e. The van der Waals surface area contributed by atoms with Gasteiger partial charge < -0.3 is 19.7 Å². The summed E-state index contributed by atoms with van der Waals surface area (Å²) in [6.07, 6.45) is 2.00. The highest BCUT2D eigenvalue weighted by Gasteiger charge is 2.26. The zero-order valence-electron chi connectivity index (χ0n) is 17.8. The van der Waals surface area contributed by atoms with Crippen LogP contribution < -0.4 is 10.1 Å². The minimum absolute atomic E-state index is 0.0430. The number of hydrogen-bond donors (Lipinski definition) is 2. The first-order valence-corrected chi connectivity index (χ1v) is 10.7. The van der Waals surface area contributed by atoms with Gasteiger partial charge in [-0.25, -0.2) is 0 Å². The molecular weight excluding hydrogens is 398 g/mol. The first-order valence-electron chi connectivity index (χ1n) is 10.7. The molecule has 2 aliphatic heterocycles. The number of aromatic amines is 1. The van der Waals surface area contributed by atoms with E-state index in [2.05, 4.69) is 20.4 Å². The van der Waals surface area contributed by atoms with E-state index < -0.39 is 0 Å². The second kappa shape index (κ2) is 9.93. The normalized spacial score (nSPS) is 19.8. The van der Waals surface area contributed by atoms with E-state index in [1.807, 2.05) is 30.3 Å². The van der Waals surface area contributed by atoms with E-state index in [0.717, 1.165) is 43.1 Å². The van der Waals surface area contributed by atoms with Crippen molar-refractivity contribution >= 4 is 17.5 Å². The Kier molecular flexibility index (Phi) is 6.83. The van der Waals surface area contributed by atoms with E-state index in [4.69, 9.17) is 9.47 Å². The van der Waals surface area contributed by atoms with Gasteiger partial charge in [0, 0.05) is 36.9 Å². The first kappa shape index (κ1) is 21.3. The molecule has 1 aromatic carbocycles. The molecule has 2 N–H and O–H groups in total. The lowest BCUT2D eigenvalue weighted by Gasteiger charge is -2.31. The highest BCUT2D eigenvalue weighted by molar-refractivity contribution is 5.93. The Morgan fingerprint density at radius 2 is 2.00 bits per heavy atom. The predicted octanol–water partition coefficient (Wildman–Crippen LogP) is 1.71. The zero-order valence-corrected chi connectivity index (χ0v) is 17.8. The minimum atomic E-state index is -0.0580. The molecule has 2 aromatic rings. The number of morpholine rings is 1. The number of H-pyrrole nitrogens is 1. The number of carbonyl (C=O) groups excluding carboxylic acids is 2. The molecule has 0 spiro atoms. The predicted molar refractivity (Wildman–Crippen MR) is 115 cm³/mol.